The lowest BCUT2D eigenvalue weighted by Crippen LogP contribution is -2.54. The van der Waals surface area contributed by atoms with E-state index in [0.717, 1.165) is 19.5 Å². The second-order valence-corrected chi connectivity index (χ2v) is 9.15. The highest BCUT2D eigenvalue weighted by Crippen LogP contribution is 2.25. The maximum Gasteiger partial charge on any atom is 0.216 e. The zero-order chi connectivity index (χ0) is 16.5. The number of nitrogens with zero attached hydrogens (tertiary/aromatic N) is 1. The van der Waals surface area contributed by atoms with Crippen molar-refractivity contribution < 1.29 is 13.2 Å². The number of benzene rings is 1. The van der Waals surface area contributed by atoms with E-state index in [0.29, 0.717) is 26.2 Å². The largest absolute Gasteiger partial charge is 0.380 e. The molecular weight excluding hydrogens is 312 g/mol. The summed E-state index contributed by atoms with van der Waals surface area (Å²) < 4.78 is 32.7. The maximum absolute atomic E-state index is 12.4. The number of hydrogen-bond acceptors (Lipinski definition) is 4. The Hall–Kier alpha value is -0.950. The molecule has 0 bridgehead atoms. The van der Waals surface area contributed by atoms with Crippen molar-refractivity contribution in [3.63, 3.8) is 0 Å². The van der Waals surface area contributed by atoms with E-state index < -0.39 is 15.3 Å². The zero-order valence-electron chi connectivity index (χ0n) is 13.9. The van der Waals surface area contributed by atoms with Gasteiger partial charge in [-0.05, 0) is 37.8 Å². The van der Waals surface area contributed by atoms with Crippen LogP contribution in [-0.4, -0.2) is 50.4 Å². The SMILES string of the molecule is CC(C)(CNS(=O)(=O)[C@@H]1CCOC1)N1CCc2ccccc2C1. The summed E-state index contributed by atoms with van der Waals surface area (Å²) in [5, 5.41) is -0.402. The summed E-state index contributed by atoms with van der Waals surface area (Å²) in [6, 6.07) is 8.50. The molecule has 2 aliphatic rings. The highest BCUT2D eigenvalue weighted by atomic mass is 32.2. The van der Waals surface area contributed by atoms with Gasteiger partial charge in [-0.3, -0.25) is 4.90 Å². The Bertz CT molecular complexity index is 652. The standard InChI is InChI=1S/C17H26N2O3S/c1-17(2,13-18-23(20,21)16-8-10-22-12-16)19-9-7-14-5-3-4-6-15(14)11-19/h3-6,16,18H,7-13H2,1-2H3/t16-/m1/s1. The van der Waals surface area contributed by atoms with E-state index in [-0.39, 0.29) is 5.54 Å². The Labute approximate surface area is 139 Å². The van der Waals surface area contributed by atoms with Crippen LogP contribution < -0.4 is 4.72 Å². The Morgan fingerprint density at radius 1 is 1.30 bits per heavy atom. The van der Waals surface area contributed by atoms with Crippen LogP contribution in [0.25, 0.3) is 0 Å². The third-order valence-corrected chi connectivity index (χ3v) is 6.82. The number of fused-ring (bicyclic) bond motifs is 1. The summed E-state index contributed by atoms with van der Waals surface area (Å²) in [7, 11) is -3.29. The first-order valence-corrected chi connectivity index (χ1v) is 9.81. The quantitative estimate of drug-likeness (QED) is 0.885. The molecule has 5 nitrogen and oxygen atoms in total. The Balaban J connectivity index is 1.63. The fourth-order valence-corrected chi connectivity index (χ4v) is 4.75. The van der Waals surface area contributed by atoms with Crippen molar-refractivity contribution in [2.75, 3.05) is 26.3 Å². The molecule has 6 heteroatoms. The van der Waals surface area contributed by atoms with Crippen molar-refractivity contribution in [3.8, 4) is 0 Å². The first-order chi connectivity index (χ1) is 10.9. The summed E-state index contributed by atoms with van der Waals surface area (Å²) >= 11 is 0. The molecular formula is C17H26N2O3S. The molecule has 1 saturated heterocycles. The van der Waals surface area contributed by atoms with Gasteiger partial charge in [0.2, 0.25) is 10.0 Å². The van der Waals surface area contributed by atoms with Gasteiger partial charge in [-0.1, -0.05) is 24.3 Å². The number of rotatable bonds is 5. The van der Waals surface area contributed by atoms with Crippen molar-refractivity contribution in [2.24, 2.45) is 0 Å². The van der Waals surface area contributed by atoms with Crippen LogP contribution in [0.2, 0.25) is 0 Å². The molecule has 0 unspecified atom stereocenters. The van der Waals surface area contributed by atoms with Crippen LogP contribution in [0.1, 0.15) is 31.4 Å². The smallest absolute Gasteiger partial charge is 0.216 e. The molecule has 1 aromatic rings. The first kappa shape index (κ1) is 16.9. The molecule has 1 fully saturated rings. The van der Waals surface area contributed by atoms with Gasteiger partial charge < -0.3 is 4.74 Å². The van der Waals surface area contributed by atoms with Gasteiger partial charge in [0.25, 0.3) is 0 Å². The molecule has 2 heterocycles. The molecule has 3 rings (SSSR count). The predicted octanol–water partition coefficient (Wildman–Crippen LogP) is 1.53. The van der Waals surface area contributed by atoms with Crippen LogP contribution >= 0.6 is 0 Å². The number of sulfonamides is 1. The summed E-state index contributed by atoms with van der Waals surface area (Å²) in [6.07, 6.45) is 1.61. The van der Waals surface area contributed by atoms with Crippen molar-refractivity contribution in [2.45, 2.75) is 44.0 Å². The minimum atomic E-state index is -3.29. The van der Waals surface area contributed by atoms with Crippen LogP contribution in [0.5, 0.6) is 0 Å². The summed E-state index contributed by atoms with van der Waals surface area (Å²) in [5.74, 6) is 0. The highest BCUT2D eigenvalue weighted by Gasteiger charge is 2.34. The fourth-order valence-electron chi connectivity index (χ4n) is 3.28. The van der Waals surface area contributed by atoms with Gasteiger partial charge in [-0.25, -0.2) is 13.1 Å². The zero-order valence-corrected chi connectivity index (χ0v) is 14.7. The van der Waals surface area contributed by atoms with Gasteiger partial charge in [0, 0.05) is 31.8 Å². The van der Waals surface area contributed by atoms with E-state index >= 15 is 0 Å². The van der Waals surface area contributed by atoms with E-state index in [1.165, 1.54) is 11.1 Å². The minimum absolute atomic E-state index is 0.222. The van der Waals surface area contributed by atoms with E-state index in [9.17, 15) is 8.42 Å². The van der Waals surface area contributed by atoms with Gasteiger partial charge in [-0.15, -0.1) is 0 Å². The number of ether oxygens (including phenoxy) is 1. The maximum atomic E-state index is 12.4. The molecule has 0 aliphatic carbocycles. The van der Waals surface area contributed by atoms with Gasteiger partial charge in [0.1, 0.15) is 5.25 Å². The average molecular weight is 338 g/mol. The van der Waals surface area contributed by atoms with Crippen LogP contribution in [0.3, 0.4) is 0 Å². The van der Waals surface area contributed by atoms with Crippen molar-refractivity contribution in [1.29, 1.82) is 0 Å². The second-order valence-electron chi connectivity index (χ2n) is 7.10. The number of hydrogen-bond donors (Lipinski definition) is 1. The Morgan fingerprint density at radius 2 is 2.04 bits per heavy atom. The molecule has 0 aromatic heterocycles. The lowest BCUT2D eigenvalue weighted by Gasteiger charge is -2.41. The van der Waals surface area contributed by atoms with Gasteiger partial charge in [-0.2, -0.15) is 0 Å². The molecule has 1 N–H and O–H groups in total. The van der Waals surface area contributed by atoms with Crippen LogP contribution in [0.4, 0.5) is 0 Å². The molecule has 0 amide bonds. The summed E-state index contributed by atoms with van der Waals surface area (Å²) in [4.78, 5) is 2.36. The molecule has 0 saturated carbocycles. The van der Waals surface area contributed by atoms with Crippen LogP contribution in [0, 0.1) is 0 Å². The average Bonchev–Trinajstić information content (AvgIpc) is 3.08. The molecule has 2 aliphatic heterocycles. The van der Waals surface area contributed by atoms with Crippen molar-refractivity contribution >= 4 is 10.0 Å². The molecule has 1 aromatic carbocycles. The predicted molar refractivity (Wildman–Crippen MR) is 90.8 cm³/mol. The minimum Gasteiger partial charge on any atom is -0.380 e. The van der Waals surface area contributed by atoms with Crippen LogP contribution in [-0.2, 0) is 27.7 Å². The van der Waals surface area contributed by atoms with E-state index in [4.69, 9.17) is 4.74 Å². The molecule has 1 atom stereocenters. The van der Waals surface area contributed by atoms with Gasteiger partial charge in [0.05, 0.1) is 6.61 Å². The van der Waals surface area contributed by atoms with Crippen molar-refractivity contribution in [1.82, 2.24) is 9.62 Å². The van der Waals surface area contributed by atoms with Gasteiger partial charge in [0.15, 0.2) is 0 Å². The van der Waals surface area contributed by atoms with Crippen molar-refractivity contribution in [3.05, 3.63) is 35.4 Å². The normalized spacial score (nSPS) is 23.0. The topological polar surface area (TPSA) is 58.6 Å². The van der Waals surface area contributed by atoms with E-state index in [1.807, 2.05) is 0 Å². The van der Waals surface area contributed by atoms with E-state index in [2.05, 4.69) is 47.7 Å². The first-order valence-electron chi connectivity index (χ1n) is 8.26. The molecule has 0 radical (unpaired) electrons. The fraction of sp³-hybridized carbons (Fsp3) is 0.647. The highest BCUT2D eigenvalue weighted by molar-refractivity contribution is 7.90. The lowest BCUT2D eigenvalue weighted by molar-refractivity contribution is 0.108. The monoisotopic (exact) mass is 338 g/mol. The Morgan fingerprint density at radius 3 is 2.74 bits per heavy atom. The van der Waals surface area contributed by atoms with Gasteiger partial charge >= 0.3 is 0 Å². The van der Waals surface area contributed by atoms with E-state index in [1.54, 1.807) is 0 Å². The summed E-state index contributed by atoms with van der Waals surface area (Å²) in [6.45, 7) is 7.32. The third-order valence-electron chi connectivity index (χ3n) is 5.02. The molecule has 23 heavy (non-hydrogen) atoms. The second kappa shape index (κ2) is 6.51. The summed E-state index contributed by atoms with van der Waals surface area (Å²) in [5.41, 5.74) is 2.53. The Kier molecular flexibility index (Phi) is 4.78. The third kappa shape index (κ3) is 3.76. The number of nitrogens with one attached hydrogen (secondary N) is 1. The molecule has 128 valence electrons. The van der Waals surface area contributed by atoms with Crippen LogP contribution in [0.15, 0.2) is 24.3 Å². The lowest BCUT2D eigenvalue weighted by atomic mass is 9.94. The molecule has 0 spiro atoms.